The second-order valence-electron chi connectivity index (χ2n) is 4.98. The van der Waals surface area contributed by atoms with E-state index in [1.165, 1.54) is 0 Å². The van der Waals surface area contributed by atoms with Crippen LogP contribution in [0.25, 0.3) is 10.9 Å². The smallest absolute Gasteiger partial charge is 0.254 e. The number of morpholine rings is 1. The molecule has 0 bridgehead atoms. The quantitative estimate of drug-likeness (QED) is 0.857. The van der Waals surface area contributed by atoms with Crippen LogP contribution in [0.3, 0.4) is 0 Å². The van der Waals surface area contributed by atoms with Gasteiger partial charge in [0.15, 0.2) is 6.10 Å². The van der Waals surface area contributed by atoms with Crippen LogP contribution in [0.15, 0.2) is 30.7 Å². The van der Waals surface area contributed by atoms with Gasteiger partial charge >= 0.3 is 0 Å². The highest BCUT2D eigenvalue weighted by Crippen LogP contribution is 2.18. The predicted octanol–water partition coefficient (Wildman–Crippen LogP) is 0.217. The van der Waals surface area contributed by atoms with E-state index in [9.17, 15) is 9.59 Å². The zero-order valence-electron chi connectivity index (χ0n) is 12.2. The van der Waals surface area contributed by atoms with Crippen molar-refractivity contribution in [3.8, 4) is 0 Å². The first-order chi connectivity index (χ1) is 10.7. The highest BCUT2D eigenvalue weighted by Gasteiger charge is 2.29. The summed E-state index contributed by atoms with van der Waals surface area (Å²) in [6.07, 6.45) is 4.24. The number of rotatable bonds is 2. The number of aromatic nitrogens is 2. The van der Waals surface area contributed by atoms with Gasteiger partial charge in [0.1, 0.15) is 0 Å². The number of carbonyl (C=O) groups excluding carboxylic acids is 2. The molecule has 2 amide bonds. The largest absolute Gasteiger partial charge is 0.365 e. The Morgan fingerprint density at radius 2 is 2.23 bits per heavy atom. The number of hydrogen-bond donors (Lipinski definition) is 1. The zero-order chi connectivity index (χ0) is 15.5. The predicted molar refractivity (Wildman–Crippen MR) is 79.2 cm³/mol. The fraction of sp³-hybridized carbons (Fsp3) is 0.333. The Hall–Kier alpha value is -2.54. The fourth-order valence-corrected chi connectivity index (χ4v) is 2.50. The summed E-state index contributed by atoms with van der Waals surface area (Å²) in [5, 5.41) is 3.25. The Morgan fingerprint density at radius 3 is 3.05 bits per heavy atom. The Bertz CT molecular complexity index is 714. The van der Waals surface area contributed by atoms with E-state index in [0.717, 1.165) is 5.52 Å². The molecule has 114 valence electrons. The van der Waals surface area contributed by atoms with Crippen LogP contribution in [-0.2, 0) is 9.53 Å². The van der Waals surface area contributed by atoms with Crippen LogP contribution in [0, 0.1) is 0 Å². The van der Waals surface area contributed by atoms with Crippen molar-refractivity contribution in [1.82, 2.24) is 20.2 Å². The molecule has 1 fully saturated rings. The summed E-state index contributed by atoms with van der Waals surface area (Å²) in [6.45, 7) is 1.03. The maximum atomic E-state index is 12.8. The van der Waals surface area contributed by atoms with Crippen LogP contribution in [0.2, 0.25) is 0 Å². The van der Waals surface area contributed by atoms with Gasteiger partial charge in [0.25, 0.3) is 11.8 Å². The van der Waals surface area contributed by atoms with E-state index in [1.807, 2.05) is 0 Å². The van der Waals surface area contributed by atoms with Crippen molar-refractivity contribution >= 4 is 22.7 Å². The second kappa shape index (κ2) is 6.07. The molecule has 1 N–H and O–H groups in total. The van der Waals surface area contributed by atoms with E-state index in [1.54, 1.807) is 42.7 Å². The molecule has 0 aliphatic carbocycles. The van der Waals surface area contributed by atoms with E-state index in [-0.39, 0.29) is 18.4 Å². The number of ether oxygens (including phenoxy) is 1. The Morgan fingerprint density at radius 1 is 1.36 bits per heavy atom. The molecule has 1 unspecified atom stereocenters. The normalized spacial score (nSPS) is 18.2. The Balaban J connectivity index is 1.88. The Kier molecular flexibility index (Phi) is 3.97. The van der Waals surface area contributed by atoms with E-state index in [4.69, 9.17) is 4.74 Å². The molecule has 3 heterocycles. The monoisotopic (exact) mass is 300 g/mol. The number of likely N-dealkylation sites (N-methyl/N-ethyl adjacent to an activating group) is 1. The maximum absolute atomic E-state index is 12.8. The van der Waals surface area contributed by atoms with Gasteiger partial charge in [0.2, 0.25) is 0 Å². The summed E-state index contributed by atoms with van der Waals surface area (Å²) in [7, 11) is 1.55. The summed E-state index contributed by atoms with van der Waals surface area (Å²) < 4.78 is 5.40. The minimum absolute atomic E-state index is 0.141. The number of hydrogen-bond acceptors (Lipinski definition) is 5. The molecule has 2 aromatic rings. The maximum Gasteiger partial charge on any atom is 0.254 e. The number of pyridine rings is 2. The first-order valence-electron chi connectivity index (χ1n) is 7.02. The van der Waals surface area contributed by atoms with Crippen molar-refractivity contribution in [2.45, 2.75) is 6.10 Å². The molecule has 0 radical (unpaired) electrons. The average molecular weight is 300 g/mol. The molecule has 0 saturated carbocycles. The molecule has 0 spiro atoms. The molecule has 1 atom stereocenters. The lowest BCUT2D eigenvalue weighted by molar-refractivity contribution is -0.136. The van der Waals surface area contributed by atoms with Gasteiger partial charge in [-0.15, -0.1) is 0 Å². The van der Waals surface area contributed by atoms with Crippen LogP contribution in [0.4, 0.5) is 0 Å². The lowest BCUT2D eigenvalue weighted by atomic mass is 10.1. The van der Waals surface area contributed by atoms with Gasteiger partial charge in [-0.05, 0) is 12.1 Å². The molecule has 1 aliphatic rings. The van der Waals surface area contributed by atoms with Crippen LogP contribution in [0.5, 0.6) is 0 Å². The minimum atomic E-state index is -0.631. The molecular weight excluding hydrogens is 284 g/mol. The van der Waals surface area contributed by atoms with E-state index >= 15 is 0 Å². The molecule has 7 heteroatoms. The van der Waals surface area contributed by atoms with Crippen molar-refractivity contribution < 1.29 is 14.3 Å². The molecule has 1 aliphatic heterocycles. The minimum Gasteiger partial charge on any atom is -0.365 e. The van der Waals surface area contributed by atoms with Crippen molar-refractivity contribution in [2.75, 3.05) is 26.7 Å². The van der Waals surface area contributed by atoms with Crippen LogP contribution in [0.1, 0.15) is 10.4 Å². The summed E-state index contributed by atoms with van der Waals surface area (Å²) in [5.74, 6) is -0.364. The van der Waals surface area contributed by atoms with Gasteiger partial charge in [-0.1, -0.05) is 0 Å². The van der Waals surface area contributed by atoms with Crippen LogP contribution >= 0.6 is 0 Å². The zero-order valence-corrected chi connectivity index (χ0v) is 12.2. The number of amides is 2. The summed E-state index contributed by atoms with van der Waals surface area (Å²) in [5.41, 5.74) is 1.26. The summed E-state index contributed by atoms with van der Waals surface area (Å²) in [6, 6.07) is 3.44. The van der Waals surface area contributed by atoms with Crippen LogP contribution in [-0.4, -0.2) is 59.5 Å². The summed E-state index contributed by atoms with van der Waals surface area (Å²) in [4.78, 5) is 34.4. The van der Waals surface area contributed by atoms with Crippen LogP contribution < -0.4 is 5.32 Å². The molecule has 22 heavy (non-hydrogen) atoms. The number of fused-ring (bicyclic) bond motifs is 1. The molecular formula is C15H16N4O3. The summed E-state index contributed by atoms with van der Waals surface area (Å²) >= 11 is 0. The lowest BCUT2D eigenvalue weighted by Crippen LogP contribution is -2.51. The van der Waals surface area contributed by atoms with Crippen molar-refractivity contribution in [3.05, 3.63) is 36.3 Å². The highest BCUT2D eigenvalue weighted by molar-refractivity contribution is 6.05. The van der Waals surface area contributed by atoms with Crippen molar-refractivity contribution in [2.24, 2.45) is 0 Å². The molecule has 7 nitrogen and oxygen atoms in total. The third-order valence-electron chi connectivity index (χ3n) is 3.67. The van der Waals surface area contributed by atoms with Gasteiger partial charge < -0.3 is 15.0 Å². The highest BCUT2D eigenvalue weighted by atomic mass is 16.5. The van der Waals surface area contributed by atoms with Gasteiger partial charge in [0.05, 0.1) is 24.2 Å². The second-order valence-corrected chi connectivity index (χ2v) is 4.98. The topological polar surface area (TPSA) is 84.4 Å². The SMILES string of the molecule is CNC(=O)C1CN(C(=O)c2ccnc3ccncc23)CCO1. The number of carbonyl (C=O) groups is 2. The van der Waals surface area contributed by atoms with Gasteiger partial charge in [0, 0.05) is 37.6 Å². The molecule has 0 aromatic carbocycles. The van der Waals surface area contributed by atoms with E-state index in [0.29, 0.717) is 24.1 Å². The van der Waals surface area contributed by atoms with Gasteiger partial charge in [-0.2, -0.15) is 0 Å². The van der Waals surface area contributed by atoms with E-state index in [2.05, 4.69) is 15.3 Å². The fourth-order valence-electron chi connectivity index (χ4n) is 2.50. The van der Waals surface area contributed by atoms with Crippen molar-refractivity contribution in [1.29, 1.82) is 0 Å². The van der Waals surface area contributed by atoms with Gasteiger partial charge in [-0.3, -0.25) is 19.6 Å². The molecule has 3 rings (SSSR count). The Labute approximate surface area is 127 Å². The lowest BCUT2D eigenvalue weighted by Gasteiger charge is -2.32. The average Bonchev–Trinajstić information content (AvgIpc) is 2.60. The van der Waals surface area contributed by atoms with Crippen molar-refractivity contribution in [3.63, 3.8) is 0 Å². The molecule has 1 saturated heterocycles. The first-order valence-corrected chi connectivity index (χ1v) is 7.02. The standard InChI is InChI=1S/C15H16N4O3/c1-16-14(20)13-9-19(6-7-22-13)15(21)10-2-5-18-12-3-4-17-8-11(10)12/h2-5,8,13H,6-7,9H2,1H3,(H,16,20). The first kappa shape index (κ1) is 14.4. The third-order valence-corrected chi connectivity index (χ3v) is 3.67. The molecule has 2 aromatic heterocycles. The van der Waals surface area contributed by atoms with Gasteiger partial charge in [-0.25, -0.2) is 0 Å². The number of nitrogens with zero attached hydrogens (tertiary/aromatic N) is 3. The van der Waals surface area contributed by atoms with E-state index < -0.39 is 6.10 Å². The third kappa shape index (κ3) is 2.62. The number of nitrogens with one attached hydrogen (secondary N) is 1.